The van der Waals surface area contributed by atoms with Crippen LogP contribution in [0.1, 0.15) is 18.4 Å². The summed E-state index contributed by atoms with van der Waals surface area (Å²) in [5, 5.41) is 9.36. The van der Waals surface area contributed by atoms with Crippen LogP contribution in [0.5, 0.6) is 5.75 Å². The Morgan fingerprint density at radius 3 is 2.56 bits per heavy atom. The fourth-order valence-corrected chi connectivity index (χ4v) is 3.07. The van der Waals surface area contributed by atoms with E-state index in [-0.39, 0.29) is 12.0 Å². The Bertz CT molecular complexity index is 800. The molecule has 0 bridgehead atoms. The van der Waals surface area contributed by atoms with E-state index in [0.29, 0.717) is 18.7 Å². The van der Waals surface area contributed by atoms with Crippen molar-refractivity contribution in [2.24, 2.45) is 0 Å². The quantitative estimate of drug-likeness (QED) is 0.801. The Kier molecular flexibility index (Phi) is 5.15. The lowest BCUT2D eigenvalue weighted by atomic mass is 10.00. The van der Waals surface area contributed by atoms with E-state index in [0.717, 1.165) is 29.7 Å². The molecule has 0 N–H and O–H groups in total. The Labute approximate surface area is 148 Å². The first-order chi connectivity index (χ1) is 12.2. The minimum absolute atomic E-state index is 0.0248. The number of carbonyl (C=O) groups excluding carboxylic acids is 1. The van der Waals surface area contributed by atoms with E-state index in [9.17, 15) is 10.1 Å². The van der Waals surface area contributed by atoms with Crippen molar-refractivity contribution >= 4 is 5.91 Å². The first-order valence-electron chi connectivity index (χ1n) is 8.39. The highest BCUT2D eigenvalue weighted by atomic mass is 16.5. The maximum atomic E-state index is 11.6. The summed E-state index contributed by atoms with van der Waals surface area (Å²) in [5.74, 6) is 0.731. The third-order valence-corrected chi connectivity index (χ3v) is 4.43. The SMILES string of the molecule is C=CC(=O)N1CCC(Oc2ccc(C#N)c(-c3ccccc3)c2)CC1. The van der Waals surface area contributed by atoms with Crippen LogP contribution in [0.2, 0.25) is 0 Å². The van der Waals surface area contributed by atoms with Gasteiger partial charge in [0.05, 0.1) is 11.6 Å². The van der Waals surface area contributed by atoms with Crippen molar-refractivity contribution in [2.75, 3.05) is 13.1 Å². The first kappa shape index (κ1) is 16.8. The second-order valence-corrected chi connectivity index (χ2v) is 6.03. The van der Waals surface area contributed by atoms with Gasteiger partial charge in [0.2, 0.25) is 5.91 Å². The Morgan fingerprint density at radius 2 is 1.92 bits per heavy atom. The molecule has 0 spiro atoms. The normalized spacial score (nSPS) is 14.6. The summed E-state index contributed by atoms with van der Waals surface area (Å²) in [4.78, 5) is 13.4. The topological polar surface area (TPSA) is 53.3 Å². The summed E-state index contributed by atoms with van der Waals surface area (Å²) < 4.78 is 6.11. The van der Waals surface area contributed by atoms with Crippen LogP contribution in [0.25, 0.3) is 11.1 Å². The molecule has 0 atom stereocenters. The summed E-state index contributed by atoms with van der Waals surface area (Å²) in [6.07, 6.45) is 3.01. The fourth-order valence-electron chi connectivity index (χ4n) is 3.07. The minimum atomic E-state index is -0.0248. The van der Waals surface area contributed by atoms with Gasteiger partial charge in [-0.3, -0.25) is 4.79 Å². The third kappa shape index (κ3) is 3.89. The number of benzene rings is 2. The predicted molar refractivity (Wildman–Crippen MR) is 97.0 cm³/mol. The first-order valence-corrected chi connectivity index (χ1v) is 8.39. The number of carbonyl (C=O) groups is 1. The Morgan fingerprint density at radius 1 is 1.20 bits per heavy atom. The zero-order chi connectivity index (χ0) is 17.6. The zero-order valence-electron chi connectivity index (χ0n) is 14.0. The van der Waals surface area contributed by atoms with Gasteiger partial charge >= 0.3 is 0 Å². The van der Waals surface area contributed by atoms with Crippen LogP contribution >= 0.6 is 0 Å². The molecule has 1 heterocycles. The highest BCUT2D eigenvalue weighted by Crippen LogP contribution is 2.29. The molecular formula is C21H20N2O2. The number of likely N-dealkylation sites (tertiary alicyclic amines) is 1. The van der Waals surface area contributed by atoms with Crippen molar-refractivity contribution in [1.82, 2.24) is 4.90 Å². The number of amides is 1. The third-order valence-electron chi connectivity index (χ3n) is 4.43. The molecule has 4 heteroatoms. The number of ether oxygens (including phenoxy) is 1. The van der Waals surface area contributed by atoms with Crippen molar-refractivity contribution in [3.8, 4) is 22.9 Å². The molecule has 1 aliphatic rings. The Hall–Kier alpha value is -3.06. The van der Waals surface area contributed by atoms with Crippen LogP contribution in [0.4, 0.5) is 0 Å². The summed E-state index contributed by atoms with van der Waals surface area (Å²) in [6, 6.07) is 17.6. The Balaban J connectivity index is 1.73. The molecule has 0 saturated carbocycles. The molecule has 1 amide bonds. The van der Waals surface area contributed by atoms with Crippen LogP contribution in [0, 0.1) is 11.3 Å². The van der Waals surface area contributed by atoms with Gasteiger partial charge in [0.25, 0.3) is 0 Å². The van der Waals surface area contributed by atoms with E-state index in [1.807, 2.05) is 42.5 Å². The van der Waals surface area contributed by atoms with Crippen LogP contribution in [-0.4, -0.2) is 30.0 Å². The highest BCUT2D eigenvalue weighted by Gasteiger charge is 2.22. The molecule has 0 aromatic heterocycles. The van der Waals surface area contributed by atoms with Gasteiger partial charge in [0.15, 0.2) is 0 Å². The molecule has 1 saturated heterocycles. The summed E-state index contributed by atoms with van der Waals surface area (Å²) >= 11 is 0. The van der Waals surface area contributed by atoms with Gasteiger partial charge in [-0.15, -0.1) is 0 Å². The van der Waals surface area contributed by atoms with E-state index < -0.39 is 0 Å². The summed E-state index contributed by atoms with van der Waals surface area (Å²) in [6.45, 7) is 4.88. The van der Waals surface area contributed by atoms with Crippen molar-refractivity contribution in [1.29, 1.82) is 5.26 Å². The zero-order valence-corrected chi connectivity index (χ0v) is 14.0. The average molecular weight is 332 g/mol. The maximum Gasteiger partial charge on any atom is 0.245 e. The minimum Gasteiger partial charge on any atom is -0.490 e. The molecule has 4 nitrogen and oxygen atoms in total. The average Bonchev–Trinajstić information content (AvgIpc) is 2.68. The fraction of sp³-hybridized carbons (Fsp3) is 0.238. The molecule has 25 heavy (non-hydrogen) atoms. The molecule has 0 unspecified atom stereocenters. The van der Waals surface area contributed by atoms with Crippen LogP contribution in [0.15, 0.2) is 61.2 Å². The van der Waals surface area contributed by atoms with E-state index >= 15 is 0 Å². The number of hydrogen-bond donors (Lipinski definition) is 0. The van der Waals surface area contributed by atoms with Crippen molar-refractivity contribution in [3.05, 3.63) is 66.7 Å². The second-order valence-electron chi connectivity index (χ2n) is 6.03. The van der Waals surface area contributed by atoms with Crippen molar-refractivity contribution in [3.63, 3.8) is 0 Å². The number of nitriles is 1. The van der Waals surface area contributed by atoms with Gasteiger partial charge in [-0.25, -0.2) is 0 Å². The van der Waals surface area contributed by atoms with E-state index in [4.69, 9.17) is 4.74 Å². The highest BCUT2D eigenvalue weighted by molar-refractivity contribution is 5.87. The van der Waals surface area contributed by atoms with E-state index in [1.165, 1.54) is 6.08 Å². The largest absolute Gasteiger partial charge is 0.490 e. The lowest BCUT2D eigenvalue weighted by Gasteiger charge is -2.31. The van der Waals surface area contributed by atoms with Crippen molar-refractivity contribution < 1.29 is 9.53 Å². The lowest BCUT2D eigenvalue weighted by molar-refractivity contribution is -0.127. The monoisotopic (exact) mass is 332 g/mol. The number of piperidine rings is 1. The van der Waals surface area contributed by atoms with Gasteiger partial charge in [-0.2, -0.15) is 5.26 Å². The molecule has 3 rings (SSSR count). The lowest BCUT2D eigenvalue weighted by Crippen LogP contribution is -2.41. The molecular weight excluding hydrogens is 312 g/mol. The number of hydrogen-bond acceptors (Lipinski definition) is 3. The van der Waals surface area contributed by atoms with E-state index in [2.05, 4.69) is 12.6 Å². The maximum absolute atomic E-state index is 11.6. The van der Waals surface area contributed by atoms with Crippen LogP contribution in [0.3, 0.4) is 0 Å². The van der Waals surface area contributed by atoms with Gasteiger partial charge in [-0.05, 0) is 29.8 Å². The molecule has 126 valence electrons. The molecule has 2 aromatic rings. The van der Waals surface area contributed by atoms with Crippen LogP contribution in [-0.2, 0) is 4.79 Å². The van der Waals surface area contributed by atoms with E-state index in [1.54, 1.807) is 11.0 Å². The van der Waals surface area contributed by atoms with Gasteiger partial charge < -0.3 is 9.64 Å². The van der Waals surface area contributed by atoms with Crippen LogP contribution < -0.4 is 4.74 Å². The van der Waals surface area contributed by atoms with Gasteiger partial charge in [0.1, 0.15) is 11.9 Å². The number of nitrogens with zero attached hydrogens (tertiary/aromatic N) is 2. The molecule has 0 aliphatic carbocycles. The molecule has 1 fully saturated rings. The smallest absolute Gasteiger partial charge is 0.245 e. The molecule has 1 aliphatic heterocycles. The standard InChI is InChI=1S/C21H20N2O2/c1-2-21(24)23-12-10-18(11-13-23)25-19-9-8-17(15-22)20(14-19)16-6-4-3-5-7-16/h2-9,14,18H,1,10-13H2. The summed E-state index contributed by atoms with van der Waals surface area (Å²) in [7, 11) is 0. The van der Waals surface area contributed by atoms with Gasteiger partial charge in [-0.1, -0.05) is 36.9 Å². The molecule has 2 aromatic carbocycles. The summed E-state index contributed by atoms with van der Waals surface area (Å²) in [5.41, 5.74) is 2.50. The molecule has 0 radical (unpaired) electrons. The number of rotatable bonds is 4. The second kappa shape index (κ2) is 7.67. The van der Waals surface area contributed by atoms with Gasteiger partial charge in [0, 0.05) is 31.5 Å². The van der Waals surface area contributed by atoms with Crippen molar-refractivity contribution in [2.45, 2.75) is 18.9 Å². The predicted octanol–water partition coefficient (Wildman–Crippen LogP) is 3.78.